The standard InChI is InChI=1S/C17H27N3O/c1-14-4-3-5-16-12-18-15(2)13-20(17(14)16)7-6-19-8-10-21-11-9-19/h3-5,15,18H,6-13H2,1-2H3. The maximum absolute atomic E-state index is 5.44. The van der Waals surface area contributed by atoms with E-state index in [4.69, 9.17) is 4.74 Å². The zero-order valence-corrected chi connectivity index (χ0v) is 13.3. The van der Waals surface area contributed by atoms with E-state index in [1.54, 1.807) is 0 Å². The van der Waals surface area contributed by atoms with Crippen LogP contribution >= 0.6 is 0 Å². The summed E-state index contributed by atoms with van der Waals surface area (Å²) in [5.74, 6) is 0. The Labute approximate surface area is 128 Å². The van der Waals surface area contributed by atoms with Crippen LogP contribution < -0.4 is 10.2 Å². The second kappa shape index (κ2) is 6.77. The number of para-hydroxylation sites is 1. The first-order valence-electron chi connectivity index (χ1n) is 8.11. The molecule has 0 aromatic heterocycles. The van der Waals surface area contributed by atoms with Crippen LogP contribution in [0.15, 0.2) is 18.2 Å². The minimum absolute atomic E-state index is 0.529. The number of hydrogen-bond donors (Lipinski definition) is 1. The average Bonchev–Trinajstić information content (AvgIpc) is 2.66. The monoisotopic (exact) mass is 289 g/mol. The molecule has 1 N–H and O–H groups in total. The smallest absolute Gasteiger partial charge is 0.0594 e. The van der Waals surface area contributed by atoms with Gasteiger partial charge in [-0.25, -0.2) is 0 Å². The summed E-state index contributed by atoms with van der Waals surface area (Å²) in [7, 11) is 0. The molecule has 3 rings (SSSR count). The molecule has 0 bridgehead atoms. The van der Waals surface area contributed by atoms with Gasteiger partial charge in [0.25, 0.3) is 0 Å². The number of benzene rings is 1. The molecular formula is C17H27N3O. The van der Waals surface area contributed by atoms with Crippen molar-refractivity contribution < 1.29 is 4.74 Å². The highest BCUT2D eigenvalue weighted by molar-refractivity contribution is 5.60. The van der Waals surface area contributed by atoms with Crippen LogP contribution in [0.5, 0.6) is 0 Å². The third kappa shape index (κ3) is 3.57. The Balaban J connectivity index is 1.73. The molecule has 21 heavy (non-hydrogen) atoms. The number of anilines is 1. The summed E-state index contributed by atoms with van der Waals surface area (Å²) >= 11 is 0. The van der Waals surface area contributed by atoms with Crippen LogP contribution in [-0.2, 0) is 11.3 Å². The predicted octanol–water partition coefficient (Wildman–Crippen LogP) is 1.63. The van der Waals surface area contributed by atoms with Gasteiger partial charge in [0.1, 0.15) is 0 Å². The number of nitrogens with one attached hydrogen (secondary N) is 1. The van der Waals surface area contributed by atoms with Gasteiger partial charge in [0.2, 0.25) is 0 Å². The van der Waals surface area contributed by atoms with Crippen LogP contribution in [-0.4, -0.2) is 56.9 Å². The van der Waals surface area contributed by atoms with E-state index in [9.17, 15) is 0 Å². The lowest BCUT2D eigenvalue weighted by Crippen LogP contribution is -2.44. The lowest BCUT2D eigenvalue weighted by Gasteiger charge is -2.32. The Bertz CT molecular complexity index is 471. The molecule has 0 radical (unpaired) electrons. The third-order valence-corrected chi connectivity index (χ3v) is 4.56. The van der Waals surface area contributed by atoms with Gasteiger partial charge in [0.05, 0.1) is 13.2 Å². The Morgan fingerprint density at radius 1 is 1.24 bits per heavy atom. The van der Waals surface area contributed by atoms with Crippen molar-refractivity contribution in [3.63, 3.8) is 0 Å². The van der Waals surface area contributed by atoms with Crippen LogP contribution in [0, 0.1) is 6.92 Å². The number of morpholine rings is 1. The van der Waals surface area contributed by atoms with E-state index in [1.807, 2.05) is 0 Å². The largest absolute Gasteiger partial charge is 0.379 e. The summed E-state index contributed by atoms with van der Waals surface area (Å²) in [4.78, 5) is 5.09. The highest BCUT2D eigenvalue weighted by atomic mass is 16.5. The lowest BCUT2D eigenvalue weighted by molar-refractivity contribution is 0.0391. The normalized spacial score (nSPS) is 23.7. The molecule has 4 nitrogen and oxygen atoms in total. The highest BCUT2D eigenvalue weighted by Gasteiger charge is 2.21. The molecule has 1 fully saturated rings. The quantitative estimate of drug-likeness (QED) is 0.915. The summed E-state index contributed by atoms with van der Waals surface area (Å²) in [6, 6.07) is 7.19. The molecule has 0 spiro atoms. The van der Waals surface area contributed by atoms with Crippen molar-refractivity contribution >= 4 is 5.69 Å². The minimum Gasteiger partial charge on any atom is -0.379 e. The van der Waals surface area contributed by atoms with E-state index < -0.39 is 0 Å². The molecule has 2 heterocycles. The number of rotatable bonds is 3. The molecule has 1 saturated heterocycles. The molecule has 1 aromatic rings. The van der Waals surface area contributed by atoms with Crippen molar-refractivity contribution in [2.45, 2.75) is 26.4 Å². The molecule has 1 aromatic carbocycles. The van der Waals surface area contributed by atoms with Gasteiger partial charge in [-0.1, -0.05) is 18.2 Å². The first kappa shape index (κ1) is 14.8. The lowest BCUT2D eigenvalue weighted by atomic mass is 10.1. The van der Waals surface area contributed by atoms with Crippen molar-refractivity contribution in [2.24, 2.45) is 0 Å². The van der Waals surface area contributed by atoms with Gasteiger partial charge in [0, 0.05) is 51.0 Å². The van der Waals surface area contributed by atoms with Gasteiger partial charge in [-0.2, -0.15) is 0 Å². The van der Waals surface area contributed by atoms with E-state index in [2.05, 4.69) is 47.2 Å². The minimum atomic E-state index is 0.529. The summed E-state index contributed by atoms with van der Waals surface area (Å²) in [5, 5.41) is 3.62. The van der Waals surface area contributed by atoms with E-state index >= 15 is 0 Å². The van der Waals surface area contributed by atoms with E-state index in [0.717, 1.165) is 52.5 Å². The van der Waals surface area contributed by atoms with E-state index in [0.29, 0.717) is 6.04 Å². The molecule has 1 atom stereocenters. The fourth-order valence-corrected chi connectivity index (χ4v) is 3.38. The number of ether oxygens (including phenoxy) is 1. The van der Waals surface area contributed by atoms with Crippen molar-refractivity contribution in [1.29, 1.82) is 0 Å². The predicted molar refractivity (Wildman–Crippen MR) is 87.0 cm³/mol. The maximum atomic E-state index is 5.44. The first-order chi connectivity index (χ1) is 10.2. The maximum Gasteiger partial charge on any atom is 0.0594 e. The molecule has 0 aliphatic carbocycles. The summed E-state index contributed by atoms with van der Waals surface area (Å²) in [6.45, 7) is 12.7. The van der Waals surface area contributed by atoms with E-state index in [-0.39, 0.29) is 0 Å². The zero-order valence-electron chi connectivity index (χ0n) is 13.3. The summed E-state index contributed by atoms with van der Waals surface area (Å²) in [6.07, 6.45) is 0. The fraction of sp³-hybridized carbons (Fsp3) is 0.647. The molecule has 2 aliphatic rings. The van der Waals surface area contributed by atoms with Crippen molar-refractivity contribution in [2.75, 3.05) is 50.8 Å². The van der Waals surface area contributed by atoms with Gasteiger partial charge in [-0.15, -0.1) is 0 Å². The van der Waals surface area contributed by atoms with Gasteiger partial charge in [0.15, 0.2) is 0 Å². The van der Waals surface area contributed by atoms with Crippen LogP contribution in [0.25, 0.3) is 0 Å². The SMILES string of the molecule is Cc1cccc2c1N(CCN1CCOCC1)CC(C)NC2. The van der Waals surface area contributed by atoms with Gasteiger partial charge < -0.3 is 15.0 Å². The average molecular weight is 289 g/mol. The van der Waals surface area contributed by atoms with Crippen LogP contribution in [0.4, 0.5) is 5.69 Å². The number of fused-ring (bicyclic) bond motifs is 1. The Morgan fingerprint density at radius 2 is 2.05 bits per heavy atom. The summed E-state index contributed by atoms with van der Waals surface area (Å²) < 4.78 is 5.44. The zero-order chi connectivity index (χ0) is 14.7. The second-order valence-electron chi connectivity index (χ2n) is 6.26. The van der Waals surface area contributed by atoms with Gasteiger partial charge in [-0.3, -0.25) is 4.90 Å². The van der Waals surface area contributed by atoms with Crippen LogP contribution in [0.1, 0.15) is 18.1 Å². The van der Waals surface area contributed by atoms with Crippen LogP contribution in [0.2, 0.25) is 0 Å². The Kier molecular flexibility index (Phi) is 4.78. The Hall–Kier alpha value is -1.10. The third-order valence-electron chi connectivity index (χ3n) is 4.56. The molecule has 2 aliphatic heterocycles. The topological polar surface area (TPSA) is 27.7 Å². The Morgan fingerprint density at radius 3 is 2.86 bits per heavy atom. The fourth-order valence-electron chi connectivity index (χ4n) is 3.38. The summed E-state index contributed by atoms with van der Waals surface area (Å²) in [5.41, 5.74) is 4.27. The number of aryl methyl sites for hydroxylation is 1. The van der Waals surface area contributed by atoms with Gasteiger partial charge in [-0.05, 0) is 25.0 Å². The highest BCUT2D eigenvalue weighted by Crippen LogP contribution is 2.27. The molecule has 1 unspecified atom stereocenters. The number of hydrogen-bond acceptors (Lipinski definition) is 4. The molecular weight excluding hydrogens is 262 g/mol. The van der Waals surface area contributed by atoms with Gasteiger partial charge >= 0.3 is 0 Å². The molecule has 0 saturated carbocycles. The van der Waals surface area contributed by atoms with Crippen molar-refractivity contribution in [3.05, 3.63) is 29.3 Å². The van der Waals surface area contributed by atoms with E-state index in [1.165, 1.54) is 16.8 Å². The van der Waals surface area contributed by atoms with Crippen molar-refractivity contribution in [1.82, 2.24) is 10.2 Å². The first-order valence-corrected chi connectivity index (χ1v) is 8.11. The molecule has 4 heteroatoms. The van der Waals surface area contributed by atoms with Crippen molar-refractivity contribution in [3.8, 4) is 0 Å². The number of nitrogens with zero attached hydrogens (tertiary/aromatic N) is 2. The second-order valence-corrected chi connectivity index (χ2v) is 6.26. The molecule has 0 amide bonds. The molecule has 116 valence electrons. The van der Waals surface area contributed by atoms with Crippen LogP contribution in [0.3, 0.4) is 0 Å².